The molecule has 0 N–H and O–H groups in total. The van der Waals surface area contributed by atoms with Crippen LogP contribution in [0.25, 0.3) is 0 Å². The minimum atomic E-state index is -5.19. The number of carboxylic acid groups (broad SMARTS) is 1. The summed E-state index contributed by atoms with van der Waals surface area (Å²) in [7, 11) is -3.01. The highest BCUT2D eigenvalue weighted by Crippen LogP contribution is 2.68. The van der Waals surface area contributed by atoms with Crippen molar-refractivity contribution in [3.05, 3.63) is 91.0 Å². The Labute approximate surface area is 211 Å². The monoisotopic (exact) mass is 542 g/mol. The summed E-state index contributed by atoms with van der Waals surface area (Å²) in [6, 6.07) is 27.7. The summed E-state index contributed by atoms with van der Waals surface area (Å²) >= 11 is 0. The van der Waals surface area contributed by atoms with E-state index in [9.17, 15) is 31.1 Å². The second-order valence-corrected chi connectivity index (χ2v) is 12.2. The van der Waals surface area contributed by atoms with Crippen molar-refractivity contribution in [2.24, 2.45) is 0 Å². The quantitative estimate of drug-likeness (QED) is 0.313. The first-order valence-electron chi connectivity index (χ1n) is 11.2. The normalized spacial score (nSPS) is 13.6. The van der Waals surface area contributed by atoms with Gasteiger partial charge in [-0.25, -0.2) is 0 Å². The maximum Gasteiger partial charge on any atom is 0.454 e. The van der Waals surface area contributed by atoms with Gasteiger partial charge in [-0.15, -0.1) is 0 Å². The molecule has 3 rings (SSSR count). The van der Waals surface area contributed by atoms with Gasteiger partial charge >= 0.3 is 12.4 Å². The molecule has 0 heterocycles. The molecular formula is C27H25F6O3P. The number of hydrogen-bond donors (Lipinski definition) is 0. The zero-order valence-corrected chi connectivity index (χ0v) is 20.9. The molecule has 0 aliphatic heterocycles. The first-order valence-corrected chi connectivity index (χ1v) is 13.0. The van der Waals surface area contributed by atoms with Crippen LogP contribution in [-0.2, 0) is 9.59 Å². The predicted molar refractivity (Wildman–Crippen MR) is 131 cm³/mol. The van der Waals surface area contributed by atoms with Crippen molar-refractivity contribution in [3.63, 3.8) is 0 Å². The Balaban J connectivity index is 0.000000604. The van der Waals surface area contributed by atoms with E-state index in [2.05, 4.69) is 0 Å². The van der Waals surface area contributed by atoms with Crippen molar-refractivity contribution in [2.45, 2.75) is 44.2 Å². The summed E-state index contributed by atoms with van der Waals surface area (Å²) in [5, 5.41) is 9.47. The number of benzene rings is 3. The topological polar surface area (TPSA) is 57.2 Å². The van der Waals surface area contributed by atoms with Crippen molar-refractivity contribution in [3.8, 4) is 0 Å². The summed E-state index contributed by atoms with van der Waals surface area (Å²) < 4.78 is 73.6. The lowest BCUT2D eigenvalue weighted by Gasteiger charge is -2.41. The Morgan fingerprint density at radius 2 is 0.973 bits per heavy atom. The molecule has 0 amide bonds. The van der Waals surface area contributed by atoms with Gasteiger partial charge in [-0.3, -0.25) is 4.79 Å². The van der Waals surface area contributed by atoms with Gasteiger partial charge in [0.15, 0.2) is 5.16 Å². The summed E-state index contributed by atoms with van der Waals surface area (Å²) in [5.41, 5.74) is 0. The van der Waals surface area contributed by atoms with E-state index >= 15 is 0 Å². The van der Waals surface area contributed by atoms with Gasteiger partial charge in [0.2, 0.25) is 0 Å². The number of hydrogen-bond acceptors (Lipinski definition) is 3. The van der Waals surface area contributed by atoms with E-state index in [0.717, 1.165) is 15.9 Å². The van der Waals surface area contributed by atoms with Gasteiger partial charge in [-0.05, 0) is 49.7 Å². The van der Waals surface area contributed by atoms with E-state index < -0.39 is 36.5 Å². The summed E-state index contributed by atoms with van der Waals surface area (Å²) in [5.74, 6) is -4.66. The molecular weight excluding hydrogens is 517 g/mol. The first-order chi connectivity index (χ1) is 17.2. The molecule has 0 radical (unpaired) electrons. The van der Waals surface area contributed by atoms with E-state index in [-0.39, 0.29) is 6.42 Å². The van der Waals surface area contributed by atoms with Gasteiger partial charge < -0.3 is 9.90 Å². The van der Waals surface area contributed by atoms with Crippen LogP contribution < -0.4 is 21.0 Å². The maximum absolute atomic E-state index is 14.0. The molecule has 10 heteroatoms. The third-order valence-electron chi connectivity index (χ3n) is 5.89. The summed E-state index contributed by atoms with van der Waals surface area (Å²) in [6.07, 6.45) is -9.52. The number of carbonyl (C=O) groups is 2. The molecule has 0 bridgehead atoms. The molecule has 0 saturated carbocycles. The molecule has 0 spiro atoms. The Morgan fingerprint density at radius 3 is 1.19 bits per heavy atom. The van der Waals surface area contributed by atoms with Crippen LogP contribution in [0.15, 0.2) is 91.0 Å². The molecule has 0 fully saturated rings. The number of alkyl halides is 6. The Hall–Kier alpha value is -3.19. The lowest BCUT2D eigenvalue weighted by atomic mass is 9.99. The van der Waals surface area contributed by atoms with Crippen molar-refractivity contribution in [1.82, 2.24) is 0 Å². The van der Waals surface area contributed by atoms with Gasteiger partial charge in [-0.1, -0.05) is 67.9 Å². The highest BCUT2D eigenvalue weighted by atomic mass is 31.2. The van der Waals surface area contributed by atoms with Gasteiger partial charge in [0.25, 0.3) is 5.78 Å². The fourth-order valence-corrected chi connectivity index (χ4v) is 9.94. The molecule has 198 valence electrons. The zero-order valence-electron chi connectivity index (χ0n) is 20.0. The smallest absolute Gasteiger partial charge is 0.454 e. The van der Waals surface area contributed by atoms with E-state index in [1.54, 1.807) is 0 Å². The molecule has 1 atom stereocenters. The third-order valence-corrected chi connectivity index (χ3v) is 11.0. The molecule has 37 heavy (non-hydrogen) atoms. The largest absolute Gasteiger partial charge is 0.542 e. The van der Waals surface area contributed by atoms with Gasteiger partial charge in [0, 0.05) is 0 Å². The zero-order chi connectivity index (χ0) is 27.9. The Bertz CT molecular complexity index is 1070. The third kappa shape index (κ3) is 6.39. The summed E-state index contributed by atoms with van der Waals surface area (Å²) in [6.45, 7) is 3.35. The number of carbonyl (C=O) groups excluding carboxylic acids is 2. The number of halogens is 6. The van der Waals surface area contributed by atoms with Crippen LogP contribution in [0.2, 0.25) is 0 Å². The lowest BCUT2D eigenvalue weighted by molar-refractivity contribution is -0.344. The second-order valence-electron chi connectivity index (χ2n) is 8.31. The minimum Gasteiger partial charge on any atom is -0.542 e. The van der Waals surface area contributed by atoms with E-state index in [1.165, 1.54) is 6.92 Å². The molecule has 1 unspecified atom stereocenters. The average Bonchev–Trinajstić information content (AvgIpc) is 2.85. The van der Waals surface area contributed by atoms with Gasteiger partial charge in [-0.2, -0.15) is 26.3 Å². The van der Waals surface area contributed by atoms with Crippen molar-refractivity contribution < 1.29 is 41.0 Å². The molecule has 0 aliphatic rings. The maximum atomic E-state index is 14.0. The summed E-state index contributed by atoms with van der Waals surface area (Å²) in [4.78, 5) is 21.9. The Morgan fingerprint density at radius 1 is 0.676 bits per heavy atom. The van der Waals surface area contributed by atoms with Crippen molar-refractivity contribution >= 4 is 34.9 Å². The van der Waals surface area contributed by atoms with Crippen molar-refractivity contribution in [2.75, 3.05) is 0 Å². The van der Waals surface area contributed by atoms with Crippen LogP contribution in [0.1, 0.15) is 26.7 Å². The highest BCUT2D eigenvalue weighted by Gasteiger charge is 2.68. The number of aliphatic carboxylic acids is 1. The van der Waals surface area contributed by atoms with Crippen LogP contribution in [0.4, 0.5) is 26.3 Å². The minimum absolute atomic E-state index is 0.137. The SMILES string of the molecule is CCCC(C)(C(=O)C(F)(F)F)[P+](c1ccccc1)(c1ccccc1)c1ccccc1.O=C([O-])C(F)(F)F. The first kappa shape index (κ1) is 30.0. The van der Waals surface area contributed by atoms with E-state index in [0.29, 0.717) is 6.42 Å². The van der Waals surface area contributed by atoms with Gasteiger partial charge in [0.05, 0.1) is 0 Å². The molecule has 0 aliphatic carbocycles. The number of rotatable bonds is 7. The molecule has 3 aromatic carbocycles. The van der Waals surface area contributed by atoms with Crippen molar-refractivity contribution in [1.29, 1.82) is 0 Å². The second kappa shape index (κ2) is 11.9. The molecule has 3 nitrogen and oxygen atoms in total. The van der Waals surface area contributed by atoms with Crippen LogP contribution in [-0.4, -0.2) is 29.3 Å². The van der Waals surface area contributed by atoms with Gasteiger partial charge in [0.1, 0.15) is 29.1 Å². The van der Waals surface area contributed by atoms with E-state index in [1.807, 2.05) is 97.9 Å². The van der Waals surface area contributed by atoms with Crippen LogP contribution in [0.3, 0.4) is 0 Å². The predicted octanol–water partition coefficient (Wildman–Crippen LogP) is 4.97. The average molecular weight is 542 g/mol. The lowest BCUT2D eigenvalue weighted by Crippen LogP contribution is -2.54. The number of carboxylic acids is 1. The Kier molecular flexibility index (Phi) is 9.66. The highest BCUT2D eigenvalue weighted by molar-refractivity contribution is 7.97. The standard InChI is InChI=1S/C25H25F3OP.C2HF3O2/c1-3-19-24(2,23(29)25(26,27)28)30(20-13-7-4-8-14-20,21-15-9-5-10-16-21)22-17-11-6-12-18-22;3-2(4,5)1(6)7/h4-18H,3,19H2,1-2H3;(H,6,7)/q+1;/p-1. The molecule has 0 aromatic heterocycles. The molecule has 0 saturated heterocycles. The fraction of sp³-hybridized carbons (Fsp3) is 0.259. The van der Waals surface area contributed by atoms with Crippen LogP contribution in [0, 0.1) is 0 Å². The van der Waals surface area contributed by atoms with E-state index in [4.69, 9.17) is 9.90 Å². The van der Waals surface area contributed by atoms with Crippen LogP contribution in [0.5, 0.6) is 0 Å². The number of ketones is 1. The molecule has 3 aromatic rings. The number of Topliss-reactive ketones (excluding diaryl/α,β-unsaturated/α-hetero) is 1. The van der Waals surface area contributed by atoms with Crippen LogP contribution >= 0.6 is 7.26 Å². The fourth-order valence-electron chi connectivity index (χ4n) is 4.48.